The summed E-state index contributed by atoms with van der Waals surface area (Å²) in [5, 5.41) is 13.8. The van der Waals surface area contributed by atoms with Crippen molar-refractivity contribution in [3.63, 3.8) is 0 Å². The normalized spacial score (nSPS) is 19.5. The van der Waals surface area contributed by atoms with Gasteiger partial charge in [-0.05, 0) is 24.0 Å². The van der Waals surface area contributed by atoms with E-state index >= 15 is 0 Å². The Morgan fingerprint density at radius 1 is 1.26 bits per heavy atom. The van der Waals surface area contributed by atoms with E-state index in [4.69, 9.17) is 4.74 Å². The van der Waals surface area contributed by atoms with Crippen molar-refractivity contribution >= 4 is 11.9 Å². The highest BCUT2D eigenvalue weighted by Gasteiger charge is 2.38. The van der Waals surface area contributed by atoms with Crippen molar-refractivity contribution in [1.82, 2.24) is 14.7 Å². The summed E-state index contributed by atoms with van der Waals surface area (Å²) in [5.41, 5.74) is 1.04. The fourth-order valence-corrected chi connectivity index (χ4v) is 3.19. The zero-order valence-corrected chi connectivity index (χ0v) is 15.8. The maximum atomic E-state index is 13.0. The van der Waals surface area contributed by atoms with Gasteiger partial charge >= 0.3 is 5.97 Å². The lowest BCUT2D eigenvalue weighted by Crippen LogP contribution is -2.30. The molecule has 0 aliphatic carbocycles. The zero-order valence-electron chi connectivity index (χ0n) is 15.8. The average molecular weight is 371 g/mol. The molecule has 2 aromatic rings. The highest BCUT2D eigenvalue weighted by Crippen LogP contribution is 2.28. The molecule has 3 rings (SSSR count). The monoisotopic (exact) mass is 371 g/mol. The summed E-state index contributed by atoms with van der Waals surface area (Å²) in [7, 11) is 0. The van der Waals surface area contributed by atoms with E-state index in [1.54, 1.807) is 15.8 Å². The third-order valence-electron chi connectivity index (χ3n) is 4.69. The number of ether oxygens (including phenoxy) is 1. The average Bonchev–Trinajstić information content (AvgIpc) is 3.24. The quantitative estimate of drug-likeness (QED) is 0.844. The van der Waals surface area contributed by atoms with Gasteiger partial charge in [-0.2, -0.15) is 5.10 Å². The minimum atomic E-state index is -0.871. The van der Waals surface area contributed by atoms with Crippen LogP contribution in [0.5, 0.6) is 5.75 Å². The molecule has 1 amide bonds. The Morgan fingerprint density at radius 3 is 2.56 bits per heavy atom. The summed E-state index contributed by atoms with van der Waals surface area (Å²) in [4.78, 5) is 26.0. The molecule has 2 heterocycles. The highest BCUT2D eigenvalue weighted by atomic mass is 16.5. The number of carboxylic acid groups (broad SMARTS) is 1. The molecule has 1 aromatic heterocycles. The fourth-order valence-electron chi connectivity index (χ4n) is 3.19. The Hall–Kier alpha value is -2.83. The summed E-state index contributed by atoms with van der Waals surface area (Å²) in [5.74, 6) is -1.09. The van der Waals surface area contributed by atoms with Gasteiger partial charge in [-0.15, -0.1) is 0 Å². The number of aliphatic carboxylic acids is 1. The second-order valence-electron chi connectivity index (χ2n) is 7.46. The van der Waals surface area contributed by atoms with Crippen molar-refractivity contribution in [1.29, 1.82) is 0 Å². The first-order valence-corrected chi connectivity index (χ1v) is 9.16. The summed E-state index contributed by atoms with van der Waals surface area (Å²) < 4.78 is 7.46. The second-order valence-corrected chi connectivity index (χ2v) is 7.46. The van der Waals surface area contributed by atoms with Gasteiger partial charge < -0.3 is 14.7 Å². The number of carbonyl (C=O) groups excluding carboxylic acids is 1. The van der Waals surface area contributed by atoms with Crippen LogP contribution in [-0.2, 0) is 4.79 Å². The van der Waals surface area contributed by atoms with E-state index in [0.717, 1.165) is 5.69 Å². The number of nitrogens with zero attached hydrogens (tertiary/aromatic N) is 3. The molecule has 0 saturated carbocycles. The molecule has 1 aliphatic rings. The number of hydrogen-bond donors (Lipinski definition) is 1. The van der Waals surface area contributed by atoms with Crippen LogP contribution in [0.2, 0.25) is 0 Å². The van der Waals surface area contributed by atoms with Crippen molar-refractivity contribution in [2.24, 2.45) is 17.8 Å². The lowest BCUT2D eigenvalue weighted by atomic mass is 9.99. The minimum absolute atomic E-state index is 0.0947. The molecule has 0 radical (unpaired) electrons. The number of hydrogen-bond acceptors (Lipinski definition) is 4. The summed E-state index contributed by atoms with van der Waals surface area (Å²) in [6, 6.07) is 9.49. The maximum Gasteiger partial charge on any atom is 0.308 e. The zero-order chi connectivity index (χ0) is 19.6. The predicted molar refractivity (Wildman–Crippen MR) is 100 cm³/mol. The second kappa shape index (κ2) is 7.82. The smallest absolute Gasteiger partial charge is 0.308 e. The molecule has 0 unspecified atom stereocenters. The Morgan fingerprint density at radius 2 is 1.96 bits per heavy atom. The van der Waals surface area contributed by atoms with Gasteiger partial charge in [-0.25, -0.2) is 4.68 Å². The number of likely N-dealkylation sites (tertiary alicyclic amines) is 1. The number of para-hydroxylation sites is 1. The molecule has 0 bridgehead atoms. The maximum absolute atomic E-state index is 13.0. The van der Waals surface area contributed by atoms with Crippen molar-refractivity contribution in [3.8, 4) is 11.4 Å². The van der Waals surface area contributed by atoms with Crippen LogP contribution >= 0.6 is 0 Å². The Kier molecular flexibility index (Phi) is 5.48. The Balaban J connectivity index is 1.89. The molecular weight excluding hydrogens is 346 g/mol. The largest absolute Gasteiger partial charge is 0.489 e. The fraction of sp³-hybridized carbons (Fsp3) is 0.450. The molecule has 1 aromatic carbocycles. The number of rotatable bonds is 6. The molecule has 1 N–H and O–H groups in total. The molecular formula is C20H25N3O4. The molecule has 7 heteroatoms. The van der Waals surface area contributed by atoms with E-state index < -0.39 is 11.9 Å². The lowest BCUT2D eigenvalue weighted by Gasteiger charge is -2.15. The molecule has 144 valence electrons. The molecule has 7 nitrogen and oxygen atoms in total. The van der Waals surface area contributed by atoms with Gasteiger partial charge in [0.15, 0.2) is 11.4 Å². The van der Waals surface area contributed by atoms with Crippen molar-refractivity contribution in [2.45, 2.75) is 20.8 Å². The number of aromatic nitrogens is 2. The van der Waals surface area contributed by atoms with Gasteiger partial charge in [0.2, 0.25) is 0 Å². The third kappa shape index (κ3) is 4.13. The molecule has 27 heavy (non-hydrogen) atoms. The molecule has 2 atom stereocenters. The number of carboxylic acids is 1. The highest BCUT2D eigenvalue weighted by molar-refractivity contribution is 5.95. The van der Waals surface area contributed by atoms with Gasteiger partial charge in [0.05, 0.1) is 24.4 Å². The molecule has 1 fully saturated rings. The van der Waals surface area contributed by atoms with E-state index in [2.05, 4.69) is 5.10 Å². The first-order chi connectivity index (χ1) is 12.9. The molecule has 1 aliphatic heterocycles. The minimum Gasteiger partial charge on any atom is -0.489 e. The van der Waals surface area contributed by atoms with Gasteiger partial charge in [0.1, 0.15) is 0 Å². The third-order valence-corrected chi connectivity index (χ3v) is 4.69. The van der Waals surface area contributed by atoms with Gasteiger partial charge in [0.25, 0.3) is 5.91 Å². The van der Waals surface area contributed by atoms with E-state index in [1.165, 1.54) is 0 Å². The first-order valence-electron chi connectivity index (χ1n) is 9.16. The van der Waals surface area contributed by atoms with Crippen LogP contribution in [0.15, 0.2) is 36.5 Å². The van der Waals surface area contributed by atoms with E-state index in [1.807, 2.05) is 51.1 Å². The van der Waals surface area contributed by atoms with Crippen LogP contribution in [0.25, 0.3) is 5.69 Å². The standard InChI is InChI=1S/C20H25N3O4/c1-13(2)12-27-17-11-23(15-7-5-4-6-8-15)21-18(17)19(24)22-9-14(3)16(10-22)20(25)26/h4-8,11,13-14,16H,9-10,12H2,1-3H3,(H,25,26)/t14-,16-/m1/s1. The summed E-state index contributed by atoms with van der Waals surface area (Å²) in [6.07, 6.45) is 1.71. The van der Waals surface area contributed by atoms with Crippen LogP contribution in [0.1, 0.15) is 31.3 Å². The Labute approximate surface area is 158 Å². The van der Waals surface area contributed by atoms with Crippen LogP contribution < -0.4 is 4.74 Å². The van der Waals surface area contributed by atoms with Crippen molar-refractivity contribution in [3.05, 3.63) is 42.2 Å². The SMILES string of the molecule is CC(C)COc1cn(-c2ccccc2)nc1C(=O)N1C[C@@H](C)[C@H](C(=O)O)C1. The summed E-state index contributed by atoms with van der Waals surface area (Å²) in [6.45, 7) is 6.97. The summed E-state index contributed by atoms with van der Waals surface area (Å²) >= 11 is 0. The topological polar surface area (TPSA) is 84.7 Å². The lowest BCUT2D eigenvalue weighted by molar-refractivity contribution is -0.142. The van der Waals surface area contributed by atoms with Crippen LogP contribution in [-0.4, -0.2) is 51.4 Å². The van der Waals surface area contributed by atoms with Crippen molar-refractivity contribution < 1.29 is 19.4 Å². The van der Waals surface area contributed by atoms with Gasteiger partial charge in [-0.3, -0.25) is 9.59 Å². The van der Waals surface area contributed by atoms with Crippen LogP contribution in [0.4, 0.5) is 0 Å². The number of carbonyl (C=O) groups is 2. The van der Waals surface area contributed by atoms with E-state index in [0.29, 0.717) is 24.8 Å². The molecule has 0 spiro atoms. The predicted octanol–water partition coefficient (Wildman–Crippen LogP) is 2.70. The molecule has 1 saturated heterocycles. The Bertz CT molecular complexity index is 816. The van der Waals surface area contributed by atoms with Crippen LogP contribution in [0, 0.1) is 17.8 Å². The van der Waals surface area contributed by atoms with Crippen molar-refractivity contribution in [2.75, 3.05) is 19.7 Å². The van der Waals surface area contributed by atoms with Gasteiger partial charge in [-0.1, -0.05) is 39.0 Å². The number of benzene rings is 1. The van der Waals surface area contributed by atoms with Gasteiger partial charge in [0, 0.05) is 13.1 Å². The number of amides is 1. The first kappa shape index (κ1) is 18.9. The van der Waals surface area contributed by atoms with E-state index in [-0.39, 0.29) is 24.1 Å². The van der Waals surface area contributed by atoms with E-state index in [9.17, 15) is 14.7 Å². The van der Waals surface area contributed by atoms with Crippen LogP contribution in [0.3, 0.4) is 0 Å².